The highest BCUT2D eigenvalue weighted by Crippen LogP contribution is 2.26. The van der Waals surface area contributed by atoms with Gasteiger partial charge in [0.2, 0.25) is 0 Å². The Hall–Kier alpha value is -2.92. The summed E-state index contributed by atoms with van der Waals surface area (Å²) in [5.41, 5.74) is 3.78. The molecule has 138 valence electrons. The van der Waals surface area contributed by atoms with E-state index in [1.807, 2.05) is 74.5 Å². The third-order valence-corrected chi connectivity index (χ3v) is 5.58. The smallest absolute Gasteiger partial charge is 0.200 e. The first kappa shape index (κ1) is 18.9. The molecule has 0 heterocycles. The second-order valence-corrected chi connectivity index (χ2v) is 8.08. The van der Waals surface area contributed by atoms with Gasteiger partial charge in [0.1, 0.15) is 0 Å². The summed E-state index contributed by atoms with van der Waals surface area (Å²) in [6.45, 7) is 3.75. The van der Waals surface area contributed by atoms with Gasteiger partial charge in [-0.1, -0.05) is 78.4 Å². The highest BCUT2D eigenvalue weighted by molar-refractivity contribution is 7.89. The van der Waals surface area contributed by atoms with E-state index in [0.29, 0.717) is 5.71 Å². The van der Waals surface area contributed by atoms with Crippen molar-refractivity contribution in [1.82, 2.24) is 4.83 Å². The summed E-state index contributed by atoms with van der Waals surface area (Å²) in [7, 11) is -3.71. The molecule has 0 saturated carbocycles. The maximum absolute atomic E-state index is 12.5. The molecular weight excluding hydrogens is 356 g/mol. The lowest BCUT2D eigenvalue weighted by molar-refractivity contribution is 0.584. The zero-order valence-electron chi connectivity index (χ0n) is 15.3. The highest BCUT2D eigenvalue weighted by Gasteiger charge is 2.19. The summed E-state index contributed by atoms with van der Waals surface area (Å²) in [5, 5.41) is 4.23. The van der Waals surface area contributed by atoms with Gasteiger partial charge >= 0.3 is 0 Å². The van der Waals surface area contributed by atoms with Crippen molar-refractivity contribution in [2.75, 3.05) is 0 Å². The number of sulfonamides is 1. The third-order valence-electron chi connectivity index (χ3n) is 4.36. The van der Waals surface area contributed by atoms with Crippen LogP contribution in [0.25, 0.3) is 0 Å². The van der Waals surface area contributed by atoms with Crippen molar-refractivity contribution in [2.24, 2.45) is 5.10 Å². The minimum Gasteiger partial charge on any atom is -0.200 e. The predicted octanol–water partition coefficient (Wildman–Crippen LogP) is 4.48. The van der Waals surface area contributed by atoms with Gasteiger partial charge in [0.15, 0.2) is 0 Å². The van der Waals surface area contributed by atoms with Crippen molar-refractivity contribution in [1.29, 1.82) is 0 Å². The summed E-state index contributed by atoms with van der Waals surface area (Å²) in [4.78, 5) is 2.57. The Balaban J connectivity index is 1.92. The summed E-state index contributed by atoms with van der Waals surface area (Å²) in [6, 6.07) is 26.5. The third kappa shape index (κ3) is 4.63. The van der Waals surface area contributed by atoms with Crippen molar-refractivity contribution in [3.8, 4) is 0 Å². The van der Waals surface area contributed by atoms with Crippen LogP contribution in [0.15, 0.2) is 94.9 Å². The second kappa shape index (κ2) is 8.18. The van der Waals surface area contributed by atoms with Crippen LogP contribution in [0.2, 0.25) is 0 Å². The quantitative estimate of drug-likeness (QED) is 0.508. The number of benzene rings is 3. The molecule has 0 amide bonds. The van der Waals surface area contributed by atoms with E-state index in [0.717, 1.165) is 16.7 Å². The zero-order valence-corrected chi connectivity index (χ0v) is 16.1. The zero-order chi connectivity index (χ0) is 19.3. The number of aryl methyl sites for hydroxylation is 1. The fourth-order valence-electron chi connectivity index (χ4n) is 2.93. The van der Waals surface area contributed by atoms with Crippen LogP contribution in [0, 0.1) is 6.92 Å². The second-order valence-electron chi connectivity index (χ2n) is 6.42. The minimum absolute atomic E-state index is 0.131. The molecule has 4 nitrogen and oxygen atoms in total. The minimum atomic E-state index is -3.71. The molecule has 0 aliphatic heterocycles. The maximum atomic E-state index is 12.5. The van der Waals surface area contributed by atoms with Crippen molar-refractivity contribution in [3.05, 3.63) is 102 Å². The van der Waals surface area contributed by atoms with Gasteiger partial charge in [0.05, 0.1) is 4.90 Å². The van der Waals surface area contributed by atoms with E-state index in [-0.39, 0.29) is 10.8 Å². The lowest BCUT2D eigenvalue weighted by Gasteiger charge is -2.18. The SMILES string of the molecule is C/C(=N\NS(=O)(=O)c1ccc(C)cc1)C(c1ccccc1)c1ccccc1. The van der Waals surface area contributed by atoms with Crippen LogP contribution in [0.3, 0.4) is 0 Å². The average Bonchev–Trinajstić information content (AvgIpc) is 2.69. The van der Waals surface area contributed by atoms with Gasteiger partial charge in [0.25, 0.3) is 10.0 Å². The van der Waals surface area contributed by atoms with E-state index in [1.54, 1.807) is 24.3 Å². The number of nitrogens with one attached hydrogen (secondary N) is 1. The maximum Gasteiger partial charge on any atom is 0.276 e. The number of rotatable bonds is 6. The fraction of sp³-hybridized carbons (Fsp3) is 0.136. The number of nitrogens with zero attached hydrogens (tertiary/aromatic N) is 1. The summed E-state index contributed by atoms with van der Waals surface area (Å²) < 4.78 is 25.1. The van der Waals surface area contributed by atoms with Crippen LogP contribution in [-0.4, -0.2) is 14.1 Å². The van der Waals surface area contributed by atoms with Crippen LogP contribution in [-0.2, 0) is 10.0 Å². The Bertz CT molecular complexity index is 973. The molecule has 3 aromatic carbocycles. The first-order valence-corrected chi connectivity index (χ1v) is 10.2. The highest BCUT2D eigenvalue weighted by atomic mass is 32.2. The molecule has 0 fully saturated rings. The van der Waals surface area contributed by atoms with Crippen LogP contribution in [0.1, 0.15) is 29.5 Å². The van der Waals surface area contributed by atoms with Crippen molar-refractivity contribution < 1.29 is 8.42 Å². The van der Waals surface area contributed by atoms with Gasteiger partial charge in [-0.15, -0.1) is 0 Å². The van der Waals surface area contributed by atoms with E-state index in [1.165, 1.54) is 0 Å². The normalized spacial score (nSPS) is 12.2. The van der Waals surface area contributed by atoms with E-state index >= 15 is 0 Å². The molecular formula is C22H22N2O2S. The fourth-order valence-corrected chi connectivity index (χ4v) is 3.80. The van der Waals surface area contributed by atoms with E-state index in [9.17, 15) is 8.42 Å². The van der Waals surface area contributed by atoms with Crippen molar-refractivity contribution >= 4 is 15.7 Å². The monoisotopic (exact) mass is 378 g/mol. The molecule has 0 aliphatic rings. The topological polar surface area (TPSA) is 58.5 Å². The molecule has 0 atom stereocenters. The molecule has 0 saturated heterocycles. The van der Waals surface area contributed by atoms with Crippen LogP contribution in [0.5, 0.6) is 0 Å². The van der Waals surface area contributed by atoms with Gasteiger partial charge < -0.3 is 0 Å². The average molecular weight is 378 g/mol. The first-order chi connectivity index (χ1) is 13.0. The molecule has 0 bridgehead atoms. The molecule has 5 heteroatoms. The summed E-state index contributed by atoms with van der Waals surface area (Å²) in [6.07, 6.45) is 0. The lowest BCUT2D eigenvalue weighted by atomic mass is 9.88. The Kier molecular flexibility index (Phi) is 5.72. The number of hydrazone groups is 1. The lowest BCUT2D eigenvalue weighted by Crippen LogP contribution is -2.22. The van der Waals surface area contributed by atoms with Crippen molar-refractivity contribution in [2.45, 2.75) is 24.7 Å². The molecule has 0 aliphatic carbocycles. The molecule has 1 N–H and O–H groups in total. The van der Waals surface area contributed by atoms with Gasteiger partial charge in [-0.25, -0.2) is 4.83 Å². The Morgan fingerprint density at radius 1 is 0.815 bits per heavy atom. The Morgan fingerprint density at radius 2 is 1.30 bits per heavy atom. The molecule has 0 unspecified atom stereocenters. The van der Waals surface area contributed by atoms with Gasteiger partial charge in [-0.3, -0.25) is 0 Å². The van der Waals surface area contributed by atoms with Crippen molar-refractivity contribution in [3.63, 3.8) is 0 Å². The Morgan fingerprint density at radius 3 is 1.78 bits per heavy atom. The van der Waals surface area contributed by atoms with Crippen LogP contribution < -0.4 is 4.83 Å². The van der Waals surface area contributed by atoms with Crippen LogP contribution >= 0.6 is 0 Å². The van der Waals surface area contributed by atoms with E-state index < -0.39 is 10.0 Å². The molecule has 3 rings (SSSR count). The molecule has 0 radical (unpaired) electrons. The Labute approximate surface area is 160 Å². The standard InChI is InChI=1S/C22H22N2O2S/c1-17-13-15-21(16-14-17)27(25,26)24-23-18(2)22(19-9-5-3-6-10-19)20-11-7-4-8-12-20/h3-16,22,24H,1-2H3/b23-18+. The molecule has 27 heavy (non-hydrogen) atoms. The first-order valence-electron chi connectivity index (χ1n) is 8.70. The summed E-state index contributed by atoms with van der Waals surface area (Å²) in [5.74, 6) is -0.131. The van der Waals surface area contributed by atoms with Crippen LogP contribution in [0.4, 0.5) is 0 Å². The van der Waals surface area contributed by atoms with Gasteiger partial charge in [-0.2, -0.15) is 13.5 Å². The molecule has 0 spiro atoms. The largest absolute Gasteiger partial charge is 0.276 e. The molecule has 0 aromatic heterocycles. The number of hydrogen-bond acceptors (Lipinski definition) is 3. The molecule has 3 aromatic rings. The summed E-state index contributed by atoms with van der Waals surface area (Å²) >= 11 is 0. The van der Waals surface area contributed by atoms with E-state index in [2.05, 4.69) is 9.93 Å². The van der Waals surface area contributed by atoms with Gasteiger partial charge in [-0.05, 0) is 37.1 Å². The van der Waals surface area contributed by atoms with Gasteiger partial charge in [0, 0.05) is 11.6 Å². The van der Waals surface area contributed by atoms with E-state index in [4.69, 9.17) is 0 Å². The predicted molar refractivity (Wildman–Crippen MR) is 109 cm³/mol. The number of hydrogen-bond donors (Lipinski definition) is 1.